The molecule has 0 aliphatic carbocycles. The van der Waals surface area contributed by atoms with E-state index in [0.717, 1.165) is 28.3 Å². The van der Waals surface area contributed by atoms with Gasteiger partial charge in [-0.1, -0.05) is 80.0 Å². The fraction of sp³-hybridized carbons (Fsp3) is 0.185. The number of rotatable bonds is 8. The Hall–Kier alpha value is -3.62. The van der Waals surface area contributed by atoms with E-state index in [0.29, 0.717) is 6.42 Å². The van der Waals surface area contributed by atoms with Gasteiger partial charge in [-0.15, -0.1) is 0 Å². The SMILES string of the molecule is CC(C)c1nc(-c2ccccc2)cn1-c1ccc(CCOC(=O)NS(=O)(=O)c2ccccc2Cl)cc1. The normalized spacial score (nSPS) is 11.4. The molecule has 1 amide bonds. The summed E-state index contributed by atoms with van der Waals surface area (Å²) >= 11 is 5.92. The van der Waals surface area contributed by atoms with Gasteiger partial charge in [0.15, 0.2) is 0 Å². The first-order valence-corrected chi connectivity index (χ1v) is 13.3. The highest BCUT2D eigenvalue weighted by atomic mass is 35.5. The smallest absolute Gasteiger partial charge is 0.421 e. The zero-order chi connectivity index (χ0) is 25.7. The Morgan fingerprint density at radius 1 is 1.00 bits per heavy atom. The molecule has 1 aromatic heterocycles. The summed E-state index contributed by atoms with van der Waals surface area (Å²) in [6.07, 6.45) is 1.41. The monoisotopic (exact) mass is 523 g/mol. The number of imidazole rings is 1. The number of nitrogens with zero attached hydrogens (tertiary/aromatic N) is 2. The van der Waals surface area contributed by atoms with Gasteiger partial charge in [0.2, 0.25) is 0 Å². The van der Waals surface area contributed by atoms with Crippen molar-refractivity contribution in [3.05, 3.63) is 101 Å². The van der Waals surface area contributed by atoms with Gasteiger partial charge in [0.25, 0.3) is 10.0 Å². The van der Waals surface area contributed by atoms with Gasteiger partial charge in [-0.25, -0.2) is 22.9 Å². The number of benzene rings is 3. The summed E-state index contributed by atoms with van der Waals surface area (Å²) < 4.78 is 33.7. The molecule has 0 bridgehead atoms. The Morgan fingerprint density at radius 2 is 1.67 bits per heavy atom. The number of amides is 1. The van der Waals surface area contributed by atoms with Crippen LogP contribution in [0.25, 0.3) is 16.9 Å². The van der Waals surface area contributed by atoms with Crippen LogP contribution < -0.4 is 4.72 Å². The second-order valence-electron chi connectivity index (χ2n) is 8.46. The minimum absolute atomic E-state index is 0.0176. The zero-order valence-electron chi connectivity index (χ0n) is 19.9. The van der Waals surface area contributed by atoms with Gasteiger partial charge in [-0.05, 0) is 29.8 Å². The van der Waals surface area contributed by atoms with E-state index in [1.165, 1.54) is 18.2 Å². The lowest BCUT2D eigenvalue weighted by molar-refractivity contribution is 0.154. The molecular formula is C27H26ClN3O4S. The lowest BCUT2D eigenvalue weighted by Gasteiger charge is -2.11. The standard InChI is InChI=1S/C27H26ClN3O4S/c1-19(2)26-29-24(21-8-4-3-5-9-21)18-31(26)22-14-12-20(13-15-22)16-17-35-27(32)30-36(33,34)25-11-7-6-10-23(25)28/h3-15,18-19H,16-17H2,1-2H3,(H,30,32). The van der Waals surface area contributed by atoms with Crippen LogP contribution in [0.5, 0.6) is 0 Å². The maximum Gasteiger partial charge on any atom is 0.421 e. The molecule has 3 aromatic carbocycles. The van der Waals surface area contributed by atoms with Crippen molar-refractivity contribution in [3.8, 4) is 16.9 Å². The van der Waals surface area contributed by atoms with Crippen molar-refractivity contribution >= 4 is 27.7 Å². The third-order valence-electron chi connectivity index (χ3n) is 5.50. The molecule has 36 heavy (non-hydrogen) atoms. The number of aromatic nitrogens is 2. The van der Waals surface area contributed by atoms with E-state index >= 15 is 0 Å². The Kier molecular flexibility index (Phi) is 7.76. The predicted molar refractivity (Wildman–Crippen MR) is 140 cm³/mol. The highest BCUT2D eigenvalue weighted by Crippen LogP contribution is 2.26. The van der Waals surface area contributed by atoms with Crippen LogP contribution in [0.15, 0.2) is 90.0 Å². The summed E-state index contributed by atoms with van der Waals surface area (Å²) in [6, 6.07) is 23.8. The van der Waals surface area contributed by atoms with Crippen molar-refractivity contribution in [1.29, 1.82) is 0 Å². The third kappa shape index (κ3) is 5.95. The van der Waals surface area contributed by atoms with Crippen LogP contribution in [0, 0.1) is 0 Å². The van der Waals surface area contributed by atoms with Crippen LogP contribution in [0.2, 0.25) is 5.02 Å². The van der Waals surface area contributed by atoms with E-state index in [-0.39, 0.29) is 22.4 Å². The van der Waals surface area contributed by atoms with Crippen molar-refractivity contribution in [2.75, 3.05) is 6.61 Å². The minimum atomic E-state index is -4.12. The first kappa shape index (κ1) is 25.5. The second kappa shape index (κ2) is 11.0. The molecule has 0 aliphatic rings. The summed E-state index contributed by atoms with van der Waals surface area (Å²) in [6.45, 7) is 4.23. The minimum Gasteiger partial charge on any atom is -0.448 e. The molecule has 1 N–H and O–H groups in total. The molecule has 9 heteroatoms. The van der Waals surface area contributed by atoms with Crippen molar-refractivity contribution < 1.29 is 17.9 Å². The summed E-state index contributed by atoms with van der Waals surface area (Å²) in [5.41, 5.74) is 3.88. The van der Waals surface area contributed by atoms with Gasteiger partial charge in [-0.2, -0.15) is 0 Å². The van der Waals surface area contributed by atoms with Gasteiger partial charge in [0.05, 0.1) is 17.3 Å². The van der Waals surface area contributed by atoms with E-state index < -0.39 is 16.1 Å². The fourth-order valence-electron chi connectivity index (χ4n) is 3.70. The highest BCUT2D eigenvalue weighted by Gasteiger charge is 2.21. The molecule has 0 atom stereocenters. The molecule has 0 aliphatic heterocycles. The third-order valence-corrected chi connectivity index (χ3v) is 7.31. The Bertz CT molecular complexity index is 1450. The van der Waals surface area contributed by atoms with Crippen molar-refractivity contribution in [2.24, 2.45) is 0 Å². The molecule has 0 unspecified atom stereocenters. The van der Waals surface area contributed by atoms with Crippen LogP contribution in [0.4, 0.5) is 4.79 Å². The van der Waals surface area contributed by atoms with E-state index in [1.807, 2.05) is 65.5 Å². The Balaban J connectivity index is 1.38. The van der Waals surface area contributed by atoms with Gasteiger partial charge >= 0.3 is 6.09 Å². The average molecular weight is 524 g/mol. The predicted octanol–water partition coefficient (Wildman–Crippen LogP) is 5.97. The number of carbonyl (C=O) groups is 1. The summed E-state index contributed by atoms with van der Waals surface area (Å²) in [7, 11) is -4.12. The maximum absolute atomic E-state index is 12.3. The van der Waals surface area contributed by atoms with Crippen molar-refractivity contribution in [3.63, 3.8) is 0 Å². The second-order valence-corrected chi connectivity index (χ2v) is 10.5. The van der Waals surface area contributed by atoms with Crippen LogP contribution in [-0.2, 0) is 21.2 Å². The zero-order valence-corrected chi connectivity index (χ0v) is 21.5. The summed E-state index contributed by atoms with van der Waals surface area (Å²) in [5, 5.41) is 0.0206. The van der Waals surface area contributed by atoms with Gasteiger partial charge in [0.1, 0.15) is 10.7 Å². The number of nitrogens with one attached hydrogen (secondary N) is 1. The summed E-state index contributed by atoms with van der Waals surface area (Å²) in [5.74, 6) is 1.19. The fourth-order valence-corrected chi connectivity index (χ4v) is 5.11. The lowest BCUT2D eigenvalue weighted by Crippen LogP contribution is -2.31. The molecule has 186 valence electrons. The topological polar surface area (TPSA) is 90.3 Å². The maximum atomic E-state index is 12.3. The molecule has 0 fully saturated rings. The summed E-state index contributed by atoms with van der Waals surface area (Å²) in [4.78, 5) is 16.7. The number of carbonyl (C=O) groups excluding carboxylic acids is 1. The highest BCUT2D eigenvalue weighted by molar-refractivity contribution is 7.90. The van der Waals surface area contributed by atoms with E-state index in [2.05, 4.69) is 18.4 Å². The van der Waals surface area contributed by atoms with E-state index in [9.17, 15) is 13.2 Å². The van der Waals surface area contributed by atoms with Crippen molar-refractivity contribution in [2.45, 2.75) is 31.1 Å². The van der Waals surface area contributed by atoms with Crippen LogP contribution in [-0.4, -0.2) is 30.7 Å². The quantitative estimate of drug-likeness (QED) is 0.307. The lowest BCUT2D eigenvalue weighted by atomic mass is 10.1. The number of ether oxygens (including phenoxy) is 1. The molecule has 0 saturated heterocycles. The number of sulfonamides is 1. The largest absolute Gasteiger partial charge is 0.448 e. The van der Waals surface area contributed by atoms with Crippen LogP contribution in [0.3, 0.4) is 0 Å². The molecule has 4 rings (SSSR count). The molecule has 1 heterocycles. The Morgan fingerprint density at radius 3 is 2.33 bits per heavy atom. The average Bonchev–Trinajstić information content (AvgIpc) is 3.31. The van der Waals surface area contributed by atoms with Gasteiger partial charge < -0.3 is 9.30 Å². The van der Waals surface area contributed by atoms with E-state index in [1.54, 1.807) is 6.07 Å². The van der Waals surface area contributed by atoms with Gasteiger partial charge in [-0.3, -0.25) is 0 Å². The molecule has 0 saturated carbocycles. The van der Waals surface area contributed by atoms with Crippen molar-refractivity contribution in [1.82, 2.24) is 14.3 Å². The Labute approximate surface area is 215 Å². The molecule has 4 aromatic rings. The molecule has 0 spiro atoms. The molecule has 7 nitrogen and oxygen atoms in total. The molecular weight excluding hydrogens is 498 g/mol. The first-order valence-electron chi connectivity index (χ1n) is 11.4. The number of halogens is 1. The first-order chi connectivity index (χ1) is 17.2. The van der Waals surface area contributed by atoms with Gasteiger partial charge in [0, 0.05) is 29.8 Å². The van der Waals surface area contributed by atoms with Crippen LogP contribution >= 0.6 is 11.6 Å². The number of hydrogen-bond acceptors (Lipinski definition) is 5. The van der Waals surface area contributed by atoms with E-state index in [4.69, 9.17) is 21.3 Å². The van der Waals surface area contributed by atoms with Crippen LogP contribution in [0.1, 0.15) is 31.2 Å². The molecule has 0 radical (unpaired) electrons. The number of hydrogen-bond donors (Lipinski definition) is 1.